The smallest absolute Gasteiger partial charge is 0.329 e. The zero-order chi connectivity index (χ0) is 12.3. The highest BCUT2D eigenvalue weighted by atomic mass is 79.9. The second-order valence-electron chi connectivity index (χ2n) is 2.71. The van der Waals surface area contributed by atoms with Crippen LogP contribution >= 0.6 is 32.3 Å². The summed E-state index contributed by atoms with van der Waals surface area (Å²) in [7, 11) is 0. The Kier molecular flexibility index (Phi) is 4.24. The molecule has 6 amide bonds. The topological polar surface area (TPSA) is 98.8 Å². The van der Waals surface area contributed by atoms with Crippen LogP contribution in [0, 0.1) is 0 Å². The van der Waals surface area contributed by atoms with Gasteiger partial charge in [-0.15, -0.1) is 0 Å². The fourth-order valence-electron chi connectivity index (χ4n) is 0.826. The van der Waals surface area contributed by atoms with E-state index in [-0.39, 0.29) is 30.9 Å². The maximum Gasteiger partial charge on any atom is 0.347 e. The van der Waals surface area contributed by atoms with Crippen LogP contribution in [-0.2, 0) is 9.59 Å². The number of rotatable bonds is 0. The van der Waals surface area contributed by atoms with E-state index in [1.165, 1.54) is 0 Å². The van der Waals surface area contributed by atoms with Gasteiger partial charge in [-0.3, -0.25) is 14.9 Å². The van der Waals surface area contributed by atoms with Crippen molar-refractivity contribution in [2.45, 2.75) is 0 Å². The van der Waals surface area contributed by atoms with Gasteiger partial charge >= 0.3 is 12.1 Å². The Morgan fingerprint density at radius 1 is 1.12 bits per heavy atom. The number of carbonyl (C=O) groups is 4. The quantitative estimate of drug-likeness (QED) is 0.459. The fraction of sp³-hybridized carbons (Fsp3) is 0.333. The maximum atomic E-state index is 10.7. The van der Waals surface area contributed by atoms with Crippen LogP contribution < -0.4 is 10.6 Å². The Balaban J connectivity index is 0.000000165. The average molecular weight is 358 g/mol. The molecule has 10 heteroatoms. The van der Waals surface area contributed by atoms with Gasteiger partial charge in [0.15, 0.2) is 0 Å². The van der Waals surface area contributed by atoms with E-state index in [0.29, 0.717) is 0 Å². The molecule has 0 aromatic rings. The molecule has 0 radical (unpaired) electrons. The van der Waals surface area contributed by atoms with Crippen LogP contribution in [0.4, 0.5) is 9.59 Å². The molecule has 0 aromatic carbocycles. The molecule has 8 nitrogen and oxygen atoms in total. The number of nitrogens with one attached hydrogen (secondary N) is 2. The summed E-state index contributed by atoms with van der Waals surface area (Å²) in [5, 5.41) is 4.30. The van der Waals surface area contributed by atoms with Crippen molar-refractivity contribution in [2.24, 2.45) is 0 Å². The number of hydrogen-bond acceptors (Lipinski definition) is 4. The maximum absolute atomic E-state index is 10.7. The molecule has 0 spiro atoms. The molecule has 2 saturated heterocycles. The number of imide groups is 2. The summed E-state index contributed by atoms with van der Waals surface area (Å²) in [6.45, 7) is 0.211. The minimum Gasteiger partial charge on any atom is -0.329 e. The first-order chi connectivity index (χ1) is 7.41. The number of hydrogen-bond donors (Lipinski definition) is 2. The normalized spacial score (nSPS) is 19.4. The number of halogens is 2. The molecular weight excluding hydrogens is 352 g/mol. The molecule has 0 bridgehead atoms. The second kappa shape index (κ2) is 5.25. The second-order valence-corrected chi connectivity index (χ2v) is 4.27. The van der Waals surface area contributed by atoms with Gasteiger partial charge in [-0.05, 0) is 0 Å². The van der Waals surface area contributed by atoms with Crippen molar-refractivity contribution in [1.82, 2.24) is 18.5 Å². The van der Waals surface area contributed by atoms with Gasteiger partial charge in [0, 0.05) is 0 Å². The summed E-state index contributed by atoms with van der Waals surface area (Å²) in [6, 6.07) is -0.787. The Labute approximate surface area is 107 Å². The summed E-state index contributed by atoms with van der Waals surface area (Å²) in [6.07, 6.45) is 0. The van der Waals surface area contributed by atoms with Crippen molar-refractivity contribution < 1.29 is 19.2 Å². The van der Waals surface area contributed by atoms with E-state index in [4.69, 9.17) is 0 Å². The summed E-state index contributed by atoms with van der Waals surface area (Å²) in [4.78, 5) is 41.3. The fourth-order valence-corrected chi connectivity index (χ4v) is 1.72. The van der Waals surface area contributed by atoms with Crippen LogP contribution in [0.3, 0.4) is 0 Å². The van der Waals surface area contributed by atoms with Crippen LogP contribution in [-0.4, -0.2) is 44.8 Å². The molecule has 0 aliphatic carbocycles. The number of nitrogens with zero attached hydrogens (tertiary/aromatic N) is 2. The molecule has 0 aromatic heterocycles. The molecule has 0 unspecified atom stereocenters. The third-order valence-corrected chi connectivity index (χ3v) is 2.78. The lowest BCUT2D eigenvalue weighted by molar-refractivity contribution is -0.121. The highest BCUT2D eigenvalue weighted by Crippen LogP contribution is 2.16. The average Bonchev–Trinajstić information content (AvgIpc) is 2.68. The van der Waals surface area contributed by atoms with E-state index >= 15 is 0 Å². The van der Waals surface area contributed by atoms with Gasteiger partial charge in [-0.2, -0.15) is 3.93 Å². The van der Waals surface area contributed by atoms with Gasteiger partial charge in [0.1, 0.15) is 6.54 Å². The molecule has 2 aliphatic rings. The Hall–Kier alpha value is -1.16. The van der Waals surface area contributed by atoms with Crippen molar-refractivity contribution in [2.75, 3.05) is 13.1 Å². The molecule has 2 rings (SSSR count). The lowest BCUT2D eigenvalue weighted by Crippen LogP contribution is -2.22. The molecule has 0 atom stereocenters. The van der Waals surface area contributed by atoms with Gasteiger partial charge in [0.05, 0.1) is 38.8 Å². The van der Waals surface area contributed by atoms with Gasteiger partial charge in [0.2, 0.25) is 5.91 Å². The van der Waals surface area contributed by atoms with Gasteiger partial charge in [-0.25, -0.2) is 13.5 Å². The Morgan fingerprint density at radius 3 is 1.88 bits per heavy atom. The zero-order valence-electron chi connectivity index (χ0n) is 7.70. The molecular formula is C6H6Br2N4O4. The molecule has 2 fully saturated rings. The van der Waals surface area contributed by atoms with Crippen LogP contribution in [0.1, 0.15) is 0 Å². The van der Waals surface area contributed by atoms with Gasteiger partial charge < -0.3 is 5.32 Å². The first-order valence-corrected chi connectivity index (χ1v) is 5.37. The standard InChI is InChI=1S/C3H2Br2N2O2.C3H4N2O2/c4-6-1-2(8)7(5)3(6)9;6-2-1-4-3(7)5-2/h1H2;1H2,(H2,4,5,6,7). The van der Waals surface area contributed by atoms with E-state index in [9.17, 15) is 19.2 Å². The number of urea groups is 2. The zero-order valence-corrected chi connectivity index (χ0v) is 10.9. The predicted molar refractivity (Wildman–Crippen MR) is 58.3 cm³/mol. The molecule has 16 heavy (non-hydrogen) atoms. The summed E-state index contributed by atoms with van der Waals surface area (Å²) < 4.78 is 2.02. The highest BCUT2D eigenvalue weighted by molar-refractivity contribution is 9.08. The van der Waals surface area contributed by atoms with Crippen LogP contribution in [0.5, 0.6) is 0 Å². The van der Waals surface area contributed by atoms with Crippen LogP contribution in [0.15, 0.2) is 0 Å². The molecule has 2 heterocycles. The Morgan fingerprint density at radius 2 is 1.75 bits per heavy atom. The summed E-state index contributed by atoms with van der Waals surface area (Å²) >= 11 is 5.65. The lowest BCUT2D eigenvalue weighted by atomic mass is 10.7. The molecule has 0 saturated carbocycles. The van der Waals surface area contributed by atoms with Crippen molar-refractivity contribution >= 4 is 56.2 Å². The van der Waals surface area contributed by atoms with Crippen LogP contribution in [0.25, 0.3) is 0 Å². The van der Waals surface area contributed by atoms with E-state index < -0.39 is 6.03 Å². The van der Waals surface area contributed by atoms with Gasteiger partial charge in [0.25, 0.3) is 5.91 Å². The van der Waals surface area contributed by atoms with Crippen molar-refractivity contribution in [1.29, 1.82) is 0 Å². The van der Waals surface area contributed by atoms with E-state index in [2.05, 4.69) is 37.6 Å². The Bertz CT molecular complexity index is 346. The van der Waals surface area contributed by atoms with Crippen molar-refractivity contribution in [3.05, 3.63) is 0 Å². The number of carbonyl (C=O) groups excluding carboxylic acids is 4. The molecule has 2 N–H and O–H groups in total. The lowest BCUT2D eigenvalue weighted by Gasteiger charge is -2.00. The third kappa shape index (κ3) is 3.17. The summed E-state index contributed by atoms with van der Waals surface area (Å²) in [5.74, 6) is -0.526. The monoisotopic (exact) mass is 356 g/mol. The predicted octanol–water partition coefficient (Wildman–Crippen LogP) is -0.304. The SMILES string of the molecule is O=C1CN(Br)C(=O)N1Br.O=C1CNC(=O)N1. The highest BCUT2D eigenvalue weighted by Gasteiger charge is 2.33. The van der Waals surface area contributed by atoms with Crippen LogP contribution in [0.2, 0.25) is 0 Å². The molecule has 88 valence electrons. The summed E-state index contributed by atoms with van der Waals surface area (Å²) in [5.41, 5.74) is 0. The number of amides is 6. The molecule has 2 aliphatic heterocycles. The van der Waals surface area contributed by atoms with E-state index in [0.717, 1.165) is 7.85 Å². The van der Waals surface area contributed by atoms with Crippen molar-refractivity contribution in [3.63, 3.8) is 0 Å². The van der Waals surface area contributed by atoms with Gasteiger partial charge in [-0.1, -0.05) is 0 Å². The van der Waals surface area contributed by atoms with Crippen molar-refractivity contribution in [3.8, 4) is 0 Å². The first kappa shape index (κ1) is 12.9. The minimum absolute atomic E-state index is 0.0874. The van der Waals surface area contributed by atoms with E-state index in [1.54, 1.807) is 0 Å². The largest absolute Gasteiger partial charge is 0.347 e. The minimum atomic E-state index is -0.398. The first-order valence-electron chi connectivity index (χ1n) is 3.95. The van der Waals surface area contributed by atoms with E-state index in [1.807, 2.05) is 5.32 Å². The third-order valence-electron chi connectivity index (χ3n) is 1.53.